The number of anilines is 1. The molecule has 5 amide bonds. The SMILES string of the molecule is CNC(=O)NCc1ccccc1-c1ccc(CN2C(=O)[C@H](NC(=O)NCC(C)(C)NC[C@@H](C)O)CCc3cc(C(F)(F)F)ccc32)cc1. The van der Waals surface area contributed by atoms with E-state index in [0.717, 1.165) is 34.4 Å². The van der Waals surface area contributed by atoms with Gasteiger partial charge in [0.25, 0.3) is 0 Å². The average Bonchev–Trinajstić information content (AvgIpc) is 3.17. The monoisotopic (exact) mass is 668 g/mol. The summed E-state index contributed by atoms with van der Waals surface area (Å²) in [6.07, 6.45) is -4.87. The van der Waals surface area contributed by atoms with E-state index in [2.05, 4.69) is 26.6 Å². The maximum Gasteiger partial charge on any atom is 0.416 e. The first-order valence-corrected chi connectivity index (χ1v) is 15.8. The molecule has 0 bridgehead atoms. The summed E-state index contributed by atoms with van der Waals surface area (Å²) in [6, 6.07) is 16.6. The molecule has 0 aliphatic carbocycles. The molecular weight excluding hydrogens is 625 g/mol. The number of hydrogen-bond acceptors (Lipinski definition) is 5. The maximum absolute atomic E-state index is 14.0. The zero-order valence-corrected chi connectivity index (χ0v) is 27.5. The number of aliphatic hydroxyl groups excluding tert-OH is 1. The molecule has 0 saturated heterocycles. The summed E-state index contributed by atoms with van der Waals surface area (Å²) >= 11 is 0. The molecule has 2 atom stereocenters. The Morgan fingerprint density at radius 2 is 1.71 bits per heavy atom. The fourth-order valence-electron chi connectivity index (χ4n) is 5.44. The van der Waals surface area contributed by atoms with E-state index in [0.29, 0.717) is 24.3 Å². The molecule has 10 nitrogen and oxygen atoms in total. The minimum Gasteiger partial charge on any atom is -0.392 e. The average molecular weight is 669 g/mol. The van der Waals surface area contributed by atoms with E-state index < -0.39 is 41.4 Å². The van der Waals surface area contributed by atoms with Crippen molar-refractivity contribution in [2.45, 2.75) is 70.6 Å². The lowest BCUT2D eigenvalue weighted by atomic mass is 9.98. The highest BCUT2D eigenvalue weighted by Crippen LogP contribution is 2.36. The number of aryl methyl sites for hydroxylation is 1. The lowest BCUT2D eigenvalue weighted by Gasteiger charge is -2.29. The van der Waals surface area contributed by atoms with Crippen molar-refractivity contribution in [2.75, 3.05) is 25.0 Å². The van der Waals surface area contributed by atoms with Gasteiger partial charge in [0.05, 0.1) is 18.2 Å². The van der Waals surface area contributed by atoms with E-state index in [-0.39, 0.29) is 32.0 Å². The third-order valence-electron chi connectivity index (χ3n) is 8.13. The molecule has 6 N–H and O–H groups in total. The fraction of sp³-hybridized carbons (Fsp3) is 0.400. The minimum absolute atomic E-state index is 0.0629. The van der Waals surface area contributed by atoms with E-state index >= 15 is 0 Å². The zero-order chi connectivity index (χ0) is 35.1. The third-order valence-corrected chi connectivity index (χ3v) is 8.13. The first-order valence-electron chi connectivity index (χ1n) is 15.8. The number of fused-ring (bicyclic) bond motifs is 1. The van der Waals surface area contributed by atoms with Gasteiger partial charge in [-0.1, -0.05) is 48.5 Å². The number of carbonyl (C=O) groups excluding carboxylic acids is 3. The second-order valence-electron chi connectivity index (χ2n) is 12.6. The Morgan fingerprint density at radius 1 is 1.00 bits per heavy atom. The van der Waals surface area contributed by atoms with Crippen molar-refractivity contribution in [3.05, 3.63) is 89.0 Å². The van der Waals surface area contributed by atoms with Crippen molar-refractivity contribution in [1.82, 2.24) is 26.6 Å². The van der Waals surface area contributed by atoms with Crippen molar-refractivity contribution in [1.29, 1.82) is 0 Å². The Kier molecular flexibility index (Phi) is 11.7. The summed E-state index contributed by atoms with van der Waals surface area (Å²) in [5.74, 6) is -0.440. The molecule has 0 spiro atoms. The molecule has 3 aromatic carbocycles. The fourth-order valence-corrected chi connectivity index (χ4v) is 5.44. The number of halogens is 3. The van der Waals surface area contributed by atoms with E-state index in [1.165, 1.54) is 18.0 Å². The quantitative estimate of drug-likeness (QED) is 0.176. The van der Waals surface area contributed by atoms with Crippen LogP contribution in [0.25, 0.3) is 11.1 Å². The number of hydrogen-bond donors (Lipinski definition) is 6. The van der Waals surface area contributed by atoms with Gasteiger partial charge in [-0.05, 0) is 79.6 Å². The Hall–Kier alpha value is -4.62. The molecule has 0 fully saturated rings. The summed E-state index contributed by atoms with van der Waals surface area (Å²) in [6.45, 7) is 6.26. The molecule has 0 radical (unpaired) electrons. The van der Waals surface area contributed by atoms with E-state index in [1.807, 2.05) is 62.4 Å². The molecule has 0 saturated carbocycles. The Balaban J connectivity index is 1.56. The largest absolute Gasteiger partial charge is 0.416 e. The number of aliphatic hydroxyl groups is 1. The van der Waals surface area contributed by atoms with Gasteiger partial charge in [-0.15, -0.1) is 0 Å². The predicted octanol–water partition coefficient (Wildman–Crippen LogP) is 4.70. The highest BCUT2D eigenvalue weighted by molar-refractivity contribution is 6.00. The van der Waals surface area contributed by atoms with Gasteiger partial charge < -0.3 is 36.6 Å². The molecule has 13 heteroatoms. The summed E-state index contributed by atoms with van der Waals surface area (Å²) in [7, 11) is 1.54. The summed E-state index contributed by atoms with van der Waals surface area (Å²) in [5.41, 5.74) is 2.79. The molecule has 3 aromatic rings. The molecule has 1 aliphatic rings. The van der Waals surface area contributed by atoms with Crippen LogP contribution in [-0.4, -0.2) is 60.9 Å². The molecule has 48 heavy (non-hydrogen) atoms. The van der Waals surface area contributed by atoms with Crippen LogP contribution in [0.15, 0.2) is 66.7 Å². The second kappa shape index (κ2) is 15.5. The van der Waals surface area contributed by atoms with Gasteiger partial charge in [-0.3, -0.25) is 4.79 Å². The van der Waals surface area contributed by atoms with Gasteiger partial charge in [0.2, 0.25) is 5.91 Å². The van der Waals surface area contributed by atoms with Crippen LogP contribution in [-0.2, 0) is 30.5 Å². The highest BCUT2D eigenvalue weighted by atomic mass is 19.4. The number of alkyl halides is 3. The number of benzene rings is 3. The van der Waals surface area contributed by atoms with Gasteiger partial charge in [0, 0.05) is 37.9 Å². The van der Waals surface area contributed by atoms with Crippen molar-refractivity contribution >= 4 is 23.7 Å². The molecule has 0 unspecified atom stereocenters. The molecular formula is C35H43F3N6O4. The number of rotatable bonds is 11. The Bertz CT molecular complexity index is 1590. The van der Waals surface area contributed by atoms with Crippen LogP contribution in [0.2, 0.25) is 0 Å². The second-order valence-corrected chi connectivity index (χ2v) is 12.6. The van der Waals surface area contributed by atoms with Crippen LogP contribution in [0.1, 0.15) is 49.4 Å². The molecule has 258 valence electrons. The van der Waals surface area contributed by atoms with Crippen LogP contribution >= 0.6 is 0 Å². The molecule has 4 rings (SSSR count). The van der Waals surface area contributed by atoms with Crippen LogP contribution < -0.4 is 31.5 Å². The van der Waals surface area contributed by atoms with Crippen molar-refractivity contribution in [3.8, 4) is 11.1 Å². The number of nitrogens with zero attached hydrogens (tertiary/aromatic N) is 1. The van der Waals surface area contributed by atoms with E-state index in [9.17, 15) is 32.7 Å². The lowest BCUT2D eigenvalue weighted by Crippen LogP contribution is -2.55. The van der Waals surface area contributed by atoms with Gasteiger partial charge >= 0.3 is 18.2 Å². The first kappa shape index (κ1) is 36.2. The summed E-state index contributed by atoms with van der Waals surface area (Å²) < 4.78 is 40.9. The molecule has 1 aliphatic heterocycles. The zero-order valence-electron chi connectivity index (χ0n) is 27.5. The van der Waals surface area contributed by atoms with E-state index in [4.69, 9.17) is 0 Å². The number of β-amino-alcohol motifs (C(OH)–C–C–N with tert-alkyl or cyclic N) is 1. The van der Waals surface area contributed by atoms with Gasteiger partial charge in [0.15, 0.2) is 0 Å². The van der Waals surface area contributed by atoms with Gasteiger partial charge in [0.1, 0.15) is 6.04 Å². The molecule has 0 aromatic heterocycles. The summed E-state index contributed by atoms with van der Waals surface area (Å²) in [4.78, 5) is 40.1. The normalized spacial score (nSPS) is 15.6. The number of amides is 5. The number of carbonyl (C=O) groups is 3. The molecule has 1 heterocycles. The van der Waals surface area contributed by atoms with Crippen molar-refractivity contribution < 1.29 is 32.7 Å². The van der Waals surface area contributed by atoms with Gasteiger partial charge in [-0.2, -0.15) is 13.2 Å². The Morgan fingerprint density at radius 3 is 2.38 bits per heavy atom. The minimum atomic E-state index is -4.55. The van der Waals surface area contributed by atoms with Gasteiger partial charge in [-0.25, -0.2) is 9.59 Å². The number of nitrogens with one attached hydrogen (secondary N) is 5. The van der Waals surface area contributed by atoms with Crippen LogP contribution in [0.3, 0.4) is 0 Å². The summed E-state index contributed by atoms with van der Waals surface area (Å²) in [5, 5.41) is 23.5. The topological polar surface area (TPSA) is 135 Å². The Labute approximate surface area is 278 Å². The predicted molar refractivity (Wildman–Crippen MR) is 178 cm³/mol. The third kappa shape index (κ3) is 9.71. The highest BCUT2D eigenvalue weighted by Gasteiger charge is 2.35. The maximum atomic E-state index is 14.0. The smallest absolute Gasteiger partial charge is 0.392 e. The van der Waals surface area contributed by atoms with Crippen molar-refractivity contribution in [3.63, 3.8) is 0 Å². The van der Waals surface area contributed by atoms with E-state index in [1.54, 1.807) is 6.92 Å². The standard InChI is InChI=1S/C35H43F3N6O4/c1-22(45)18-42-34(2,3)21-41-33(48)43-29-15-13-25-17-27(35(36,37)38)14-16-30(25)44(31(29)46)20-23-9-11-24(12-10-23)28-8-6-5-7-26(28)19-40-32(47)39-4/h5-12,14,16-17,22,29,42,45H,13,15,18-21H2,1-4H3,(H2,39,40,47)(H2,41,43,48)/t22-,29-/m1/s1. The lowest BCUT2D eigenvalue weighted by molar-refractivity contribution is -0.137. The first-order chi connectivity index (χ1) is 22.7. The van der Waals surface area contributed by atoms with Crippen molar-refractivity contribution in [2.24, 2.45) is 0 Å². The van der Waals surface area contributed by atoms with Crippen LogP contribution in [0.4, 0.5) is 28.4 Å². The van der Waals surface area contributed by atoms with Crippen LogP contribution in [0.5, 0.6) is 0 Å². The van der Waals surface area contributed by atoms with Crippen LogP contribution in [0, 0.1) is 0 Å². The number of urea groups is 2.